The number of hydrogen-bond donors (Lipinski definition) is 3. The molecule has 0 bridgehead atoms. The molecule has 1 aliphatic rings. The lowest BCUT2D eigenvalue weighted by molar-refractivity contribution is 0.0692. The van der Waals surface area contributed by atoms with Gasteiger partial charge in [-0.1, -0.05) is 13.3 Å². The fourth-order valence-electron chi connectivity index (χ4n) is 2.27. The molecular weight excluding hydrogens is 268 g/mol. The lowest BCUT2D eigenvalue weighted by atomic mass is 10.1. The van der Waals surface area contributed by atoms with Crippen molar-refractivity contribution in [3.63, 3.8) is 0 Å². The molecule has 0 radical (unpaired) electrons. The molecule has 21 heavy (non-hydrogen) atoms. The monoisotopic (exact) mass is 290 g/mol. The first kappa shape index (κ1) is 15.2. The maximum Gasteiger partial charge on any atom is 0.341 e. The van der Waals surface area contributed by atoms with Crippen LogP contribution in [0, 0.1) is 0 Å². The number of carboxylic acid groups (broad SMARTS) is 1. The first-order valence-corrected chi connectivity index (χ1v) is 7.32. The van der Waals surface area contributed by atoms with Crippen LogP contribution in [-0.2, 0) is 0 Å². The molecule has 1 aromatic carbocycles. The van der Waals surface area contributed by atoms with Gasteiger partial charge in [-0.25, -0.2) is 4.79 Å². The third-order valence-corrected chi connectivity index (χ3v) is 3.23. The van der Waals surface area contributed by atoms with Gasteiger partial charge in [0.15, 0.2) is 0 Å². The van der Waals surface area contributed by atoms with E-state index in [1.807, 2.05) is 26.1 Å². The van der Waals surface area contributed by atoms with Crippen LogP contribution in [0.2, 0.25) is 0 Å². The standard InChI is InChI=1S/C16H22N2O3/c1-4-5-6-11-9-17-15-12(18-11)7-8-13(21-10(2)3)14(15)16(19)20/h7-10,17-18H,4-6H2,1-3H3,(H,19,20). The van der Waals surface area contributed by atoms with Crippen LogP contribution in [-0.4, -0.2) is 17.2 Å². The van der Waals surface area contributed by atoms with Gasteiger partial charge in [-0.3, -0.25) is 0 Å². The van der Waals surface area contributed by atoms with Gasteiger partial charge in [-0.05, 0) is 38.8 Å². The van der Waals surface area contributed by atoms with E-state index in [0.29, 0.717) is 11.4 Å². The van der Waals surface area contributed by atoms with Gasteiger partial charge in [0.2, 0.25) is 0 Å². The second kappa shape index (κ2) is 6.52. The van der Waals surface area contributed by atoms with E-state index < -0.39 is 5.97 Å². The highest BCUT2D eigenvalue weighted by Crippen LogP contribution is 2.37. The Balaban J connectivity index is 2.32. The number of allylic oxidation sites excluding steroid dienone is 1. The molecule has 2 rings (SSSR count). The molecule has 0 fully saturated rings. The Hall–Kier alpha value is -2.17. The van der Waals surface area contributed by atoms with E-state index in [0.717, 1.165) is 30.6 Å². The molecule has 0 spiro atoms. The summed E-state index contributed by atoms with van der Waals surface area (Å²) < 4.78 is 5.60. The maximum atomic E-state index is 11.6. The highest BCUT2D eigenvalue weighted by Gasteiger charge is 2.23. The quantitative estimate of drug-likeness (QED) is 0.737. The molecule has 0 amide bonds. The van der Waals surface area contributed by atoms with Gasteiger partial charge in [-0.15, -0.1) is 0 Å². The Morgan fingerprint density at radius 3 is 2.76 bits per heavy atom. The van der Waals surface area contributed by atoms with Crippen LogP contribution in [0.3, 0.4) is 0 Å². The summed E-state index contributed by atoms with van der Waals surface area (Å²) in [7, 11) is 0. The summed E-state index contributed by atoms with van der Waals surface area (Å²) in [5.74, 6) is -0.613. The molecule has 1 heterocycles. The van der Waals surface area contributed by atoms with E-state index >= 15 is 0 Å². The number of ether oxygens (including phenoxy) is 1. The summed E-state index contributed by atoms with van der Waals surface area (Å²) >= 11 is 0. The van der Waals surface area contributed by atoms with Gasteiger partial charge in [0.05, 0.1) is 17.5 Å². The zero-order chi connectivity index (χ0) is 15.4. The third kappa shape index (κ3) is 3.48. The number of fused-ring (bicyclic) bond motifs is 1. The van der Waals surface area contributed by atoms with Crippen molar-refractivity contribution in [2.75, 3.05) is 10.6 Å². The molecule has 0 aliphatic carbocycles. The molecule has 0 unspecified atom stereocenters. The Bertz CT molecular complexity index is 565. The molecule has 1 aliphatic heterocycles. The van der Waals surface area contributed by atoms with Gasteiger partial charge in [0.25, 0.3) is 0 Å². The average molecular weight is 290 g/mol. The number of benzene rings is 1. The number of aromatic carboxylic acids is 1. The summed E-state index contributed by atoms with van der Waals surface area (Å²) in [4.78, 5) is 11.6. The van der Waals surface area contributed by atoms with Gasteiger partial charge >= 0.3 is 5.97 Å². The van der Waals surface area contributed by atoms with Crippen LogP contribution in [0.1, 0.15) is 50.4 Å². The molecule has 114 valence electrons. The first-order valence-electron chi connectivity index (χ1n) is 7.32. The molecular formula is C16H22N2O3. The minimum atomic E-state index is -0.998. The summed E-state index contributed by atoms with van der Waals surface area (Å²) in [6.07, 6.45) is 4.91. The van der Waals surface area contributed by atoms with E-state index in [2.05, 4.69) is 17.6 Å². The lowest BCUT2D eigenvalue weighted by Crippen LogP contribution is -2.16. The Kier molecular flexibility index (Phi) is 4.73. The van der Waals surface area contributed by atoms with Crippen molar-refractivity contribution in [1.29, 1.82) is 0 Å². The SMILES string of the molecule is CCCCC1=CNc2c(ccc(OC(C)C)c2C(=O)O)N1. The lowest BCUT2D eigenvalue weighted by Gasteiger charge is -2.24. The van der Waals surface area contributed by atoms with Crippen molar-refractivity contribution in [2.24, 2.45) is 0 Å². The molecule has 0 saturated carbocycles. The number of nitrogens with one attached hydrogen (secondary N) is 2. The van der Waals surface area contributed by atoms with Gasteiger partial charge in [0.1, 0.15) is 11.3 Å². The Morgan fingerprint density at radius 1 is 1.38 bits per heavy atom. The van der Waals surface area contributed by atoms with E-state index in [4.69, 9.17) is 4.74 Å². The second-order valence-corrected chi connectivity index (χ2v) is 5.38. The van der Waals surface area contributed by atoms with Crippen molar-refractivity contribution in [3.05, 3.63) is 29.6 Å². The number of carbonyl (C=O) groups is 1. The van der Waals surface area contributed by atoms with Crippen LogP contribution < -0.4 is 15.4 Å². The zero-order valence-corrected chi connectivity index (χ0v) is 12.7. The Morgan fingerprint density at radius 2 is 2.14 bits per heavy atom. The number of anilines is 2. The van der Waals surface area contributed by atoms with E-state index in [1.54, 1.807) is 6.07 Å². The van der Waals surface area contributed by atoms with Crippen LogP contribution in [0.15, 0.2) is 24.0 Å². The predicted molar refractivity (Wildman–Crippen MR) is 84.0 cm³/mol. The number of hydrogen-bond acceptors (Lipinski definition) is 4. The van der Waals surface area contributed by atoms with Crippen LogP contribution in [0.25, 0.3) is 0 Å². The minimum absolute atomic E-state index is 0.0756. The fraction of sp³-hybridized carbons (Fsp3) is 0.438. The van der Waals surface area contributed by atoms with Crippen molar-refractivity contribution in [3.8, 4) is 5.75 Å². The summed E-state index contributed by atoms with van der Waals surface area (Å²) in [5, 5.41) is 15.9. The van der Waals surface area contributed by atoms with E-state index in [-0.39, 0.29) is 11.7 Å². The summed E-state index contributed by atoms with van der Waals surface area (Å²) in [5.41, 5.74) is 2.57. The molecule has 3 N–H and O–H groups in total. The second-order valence-electron chi connectivity index (χ2n) is 5.38. The minimum Gasteiger partial charge on any atom is -0.490 e. The molecule has 0 saturated heterocycles. The first-order chi connectivity index (χ1) is 10.0. The van der Waals surface area contributed by atoms with Gasteiger partial charge < -0.3 is 20.5 Å². The number of carboxylic acids is 1. The summed E-state index contributed by atoms with van der Waals surface area (Å²) in [6.45, 7) is 5.89. The predicted octanol–water partition coefficient (Wildman–Crippen LogP) is 4.04. The highest BCUT2D eigenvalue weighted by molar-refractivity contribution is 6.02. The fourth-order valence-corrected chi connectivity index (χ4v) is 2.27. The third-order valence-electron chi connectivity index (χ3n) is 3.23. The van der Waals surface area contributed by atoms with E-state index in [9.17, 15) is 9.90 Å². The summed E-state index contributed by atoms with van der Waals surface area (Å²) in [6, 6.07) is 3.56. The van der Waals surface area contributed by atoms with Crippen molar-refractivity contribution in [1.82, 2.24) is 0 Å². The molecule has 5 heteroatoms. The normalized spacial score (nSPS) is 13.0. The highest BCUT2D eigenvalue weighted by atomic mass is 16.5. The molecule has 1 aromatic rings. The molecule has 5 nitrogen and oxygen atoms in total. The smallest absolute Gasteiger partial charge is 0.341 e. The largest absolute Gasteiger partial charge is 0.490 e. The van der Waals surface area contributed by atoms with Crippen molar-refractivity contribution >= 4 is 17.3 Å². The van der Waals surface area contributed by atoms with Gasteiger partial charge in [-0.2, -0.15) is 0 Å². The zero-order valence-electron chi connectivity index (χ0n) is 12.7. The van der Waals surface area contributed by atoms with Gasteiger partial charge in [0, 0.05) is 11.9 Å². The number of unbranched alkanes of at least 4 members (excludes halogenated alkanes) is 1. The average Bonchev–Trinajstić information content (AvgIpc) is 2.43. The van der Waals surface area contributed by atoms with Crippen molar-refractivity contribution < 1.29 is 14.6 Å². The number of rotatable bonds is 6. The topological polar surface area (TPSA) is 70.6 Å². The molecule has 0 aromatic heterocycles. The van der Waals surface area contributed by atoms with Crippen LogP contribution >= 0.6 is 0 Å². The van der Waals surface area contributed by atoms with Crippen molar-refractivity contribution in [2.45, 2.75) is 46.1 Å². The van der Waals surface area contributed by atoms with Crippen LogP contribution in [0.4, 0.5) is 11.4 Å². The van der Waals surface area contributed by atoms with E-state index in [1.165, 1.54) is 0 Å². The molecule has 0 atom stereocenters. The Labute approximate surface area is 125 Å². The maximum absolute atomic E-state index is 11.6. The van der Waals surface area contributed by atoms with Crippen LogP contribution in [0.5, 0.6) is 5.75 Å².